The molecule has 0 radical (unpaired) electrons. The van der Waals surface area contributed by atoms with Crippen LogP contribution in [-0.4, -0.2) is 56.2 Å². The monoisotopic (exact) mass is 285 g/mol. The zero-order valence-corrected chi connectivity index (χ0v) is 10.3. The van der Waals surface area contributed by atoms with Gasteiger partial charge in [0.25, 0.3) is 5.56 Å². The third kappa shape index (κ3) is 2.63. The van der Waals surface area contributed by atoms with Crippen molar-refractivity contribution < 1.29 is 20.1 Å². The van der Waals surface area contributed by atoms with Crippen molar-refractivity contribution in [2.24, 2.45) is 16.5 Å². The van der Waals surface area contributed by atoms with E-state index in [0.29, 0.717) is 0 Å². The minimum Gasteiger partial charge on any atom is -0.394 e. The number of rotatable bonds is 3. The van der Waals surface area contributed by atoms with E-state index in [-0.39, 0.29) is 17.5 Å². The Hall–Kier alpha value is -2.01. The van der Waals surface area contributed by atoms with Gasteiger partial charge in [0.15, 0.2) is 5.96 Å². The second kappa shape index (κ2) is 5.54. The van der Waals surface area contributed by atoms with Crippen molar-refractivity contribution in [2.75, 3.05) is 6.61 Å². The summed E-state index contributed by atoms with van der Waals surface area (Å²) in [5.74, 6) is -0.362. The molecule has 2 heterocycles. The fourth-order valence-electron chi connectivity index (χ4n) is 1.93. The van der Waals surface area contributed by atoms with Crippen LogP contribution in [0.15, 0.2) is 16.0 Å². The van der Waals surface area contributed by atoms with E-state index in [4.69, 9.17) is 21.3 Å². The van der Waals surface area contributed by atoms with Crippen LogP contribution in [-0.2, 0) is 4.74 Å². The number of aliphatic hydroxyl groups excluding tert-OH is 3. The van der Waals surface area contributed by atoms with Crippen LogP contribution in [0.1, 0.15) is 11.7 Å². The zero-order chi connectivity index (χ0) is 14.9. The summed E-state index contributed by atoms with van der Waals surface area (Å²) in [5, 5.41) is 28.4. The number of aromatic nitrogens is 2. The van der Waals surface area contributed by atoms with Crippen molar-refractivity contribution in [3.63, 3.8) is 0 Å². The van der Waals surface area contributed by atoms with Crippen molar-refractivity contribution in [2.45, 2.75) is 24.4 Å². The largest absolute Gasteiger partial charge is 0.394 e. The maximum atomic E-state index is 11.9. The molecule has 8 N–H and O–H groups in total. The molecule has 20 heavy (non-hydrogen) atoms. The lowest BCUT2D eigenvalue weighted by atomic mass is 10.0. The van der Waals surface area contributed by atoms with Crippen molar-refractivity contribution in [1.82, 2.24) is 9.97 Å². The lowest BCUT2D eigenvalue weighted by Gasteiger charge is -2.13. The van der Waals surface area contributed by atoms with Crippen molar-refractivity contribution in [1.29, 1.82) is 0 Å². The van der Waals surface area contributed by atoms with Gasteiger partial charge >= 0.3 is 0 Å². The van der Waals surface area contributed by atoms with Gasteiger partial charge in [0.1, 0.15) is 24.4 Å². The number of ether oxygens (including phenoxy) is 1. The van der Waals surface area contributed by atoms with Crippen LogP contribution in [0.2, 0.25) is 0 Å². The average molecular weight is 285 g/mol. The summed E-state index contributed by atoms with van der Waals surface area (Å²) < 4.78 is 5.23. The van der Waals surface area contributed by atoms with Crippen LogP contribution >= 0.6 is 0 Å². The van der Waals surface area contributed by atoms with E-state index in [1.807, 2.05) is 0 Å². The molecule has 0 aromatic carbocycles. The van der Waals surface area contributed by atoms with Gasteiger partial charge in [-0.25, -0.2) is 4.98 Å². The molecule has 1 aliphatic rings. The first-order valence-electron chi connectivity index (χ1n) is 5.75. The Kier molecular flexibility index (Phi) is 3.99. The van der Waals surface area contributed by atoms with Gasteiger partial charge in [0.2, 0.25) is 5.95 Å². The maximum absolute atomic E-state index is 11.9. The normalized spacial score (nSPS) is 29.4. The molecule has 0 aliphatic carbocycles. The zero-order valence-electron chi connectivity index (χ0n) is 10.3. The highest BCUT2D eigenvalue weighted by Gasteiger charge is 2.44. The highest BCUT2D eigenvalue weighted by molar-refractivity contribution is 5.77. The molecule has 0 saturated carbocycles. The Morgan fingerprint density at radius 3 is 2.65 bits per heavy atom. The van der Waals surface area contributed by atoms with Gasteiger partial charge in [-0.1, -0.05) is 0 Å². The molecule has 0 spiro atoms. The van der Waals surface area contributed by atoms with Crippen LogP contribution in [0.25, 0.3) is 0 Å². The first kappa shape index (κ1) is 14.4. The van der Waals surface area contributed by atoms with E-state index in [1.165, 1.54) is 0 Å². The number of H-pyrrole nitrogens is 1. The Balaban J connectivity index is 2.31. The summed E-state index contributed by atoms with van der Waals surface area (Å²) in [7, 11) is 0. The summed E-state index contributed by atoms with van der Waals surface area (Å²) >= 11 is 0. The molecule has 0 bridgehead atoms. The van der Waals surface area contributed by atoms with Crippen LogP contribution in [0.4, 0.5) is 5.95 Å². The van der Waals surface area contributed by atoms with E-state index in [9.17, 15) is 15.0 Å². The maximum Gasteiger partial charge on any atom is 0.258 e. The lowest BCUT2D eigenvalue weighted by molar-refractivity contribution is -0.0232. The molecule has 110 valence electrons. The number of aliphatic hydroxyl groups is 3. The van der Waals surface area contributed by atoms with Gasteiger partial charge in [-0.3, -0.25) is 9.78 Å². The fraction of sp³-hybridized carbons (Fsp3) is 0.500. The molecular weight excluding hydrogens is 270 g/mol. The van der Waals surface area contributed by atoms with Crippen molar-refractivity contribution in [3.8, 4) is 0 Å². The first-order chi connectivity index (χ1) is 9.43. The Morgan fingerprint density at radius 2 is 2.15 bits per heavy atom. The average Bonchev–Trinajstić information content (AvgIpc) is 2.66. The molecule has 1 saturated heterocycles. The smallest absolute Gasteiger partial charge is 0.258 e. The molecular formula is C10H15N5O5. The minimum absolute atomic E-state index is 0.00189. The van der Waals surface area contributed by atoms with Gasteiger partial charge < -0.3 is 31.5 Å². The summed E-state index contributed by atoms with van der Waals surface area (Å²) in [4.78, 5) is 21.5. The quantitative estimate of drug-likeness (QED) is 0.248. The predicted octanol–water partition coefficient (Wildman–Crippen LogP) is -3.17. The molecule has 0 amide bonds. The molecule has 1 fully saturated rings. The number of nitrogens with one attached hydrogen (secondary N) is 1. The topological polar surface area (TPSA) is 180 Å². The first-order valence-corrected chi connectivity index (χ1v) is 5.75. The molecule has 10 heteroatoms. The summed E-state index contributed by atoms with van der Waals surface area (Å²) in [6.45, 7) is -0.480. The minimum atomic E-state index is -1.34. The number of nitrogens with zero attached hydrogens (tertiary/aromatic N) is 2. The van der Waals surface area contributed by atoms with E-state index < -0.39 is 36.6 Å². The number of nitrogens with two attached hydrogens (primary N) is 2. The Bertz CT molecular complexity index is 569. The van der Waals surface area contributed by atoms with Crippen molar-refractivity contribution in [3.05, 3.63) is 22.1 Å². The predicted molar refractivity (Wildman–Crippen MR) is 67.0 cm³/mol. The molecule has 1 aromatic rings. The fourth-order valence-corrected chi connectivity index (χ4v) is 1.93. The third-order valence-electron chi connectivity index (χ3n) is 2.90. The number of aromatic amines is 1. The highest BCUT2D eigenvalue weighted by atomic mass is 16.6. The molecule has 4 atom stereocenters. The molecule has 10 nitrogen and oxygen atoms in total. The van der Waals surface area contributed by atoms with Crippen LogP contribution in [0, 0.1) is 0 Å². The summed E-state index contributed by atoms with van der Waals surface area (Å²) in [6.07, 6.45) is -3.55. The van der Waals surface area contributed by atoms with Gasteiger partial charge in [-0.05, 0) is 0 Å². The summed E-state index contributed by atoms with van der Waals surface area (Å²) in [6, 6.07) is 0. The second-order valence-corrected chi connectivity index (χ2v) is 4.29. The third-order valence-corrected chi connectivity index (χ3v) is 2.90. The van der Waals surface area contributed by atoms with E-state index in [1.54, 1.807) is 0 Å². The standard InChI is InChI=1S/C10H15N5O5/c11-9(12)15-10-13-1-3(8(19)14-10)7-6(18)5(17)4(2-16)20-7/h1,4-7,16-18H,2H2,(H5,11,12,13,14,15,19)/t4-,5?,6+,7+/m1/s1. The SMILES string of the molecule is NC(N)=Nc1ncc([C@@H]2O[C@H](CO)C(O)[C@@H]2O)c(=O)[nH]1. The number of hydrogen-bond donors (Lipinski definition) is 6. The van der Waals surface area contributed by atoms with Gasteiger partial charge in [0, 0.05) is 6.20 Å². The number of hydrogen-bond acceptors (Lipinski definition) is 7. The van der Waals surface area contributed by atoms with E-state index in [0.717, 1.165) is 6.20 Å². The van der Waals surface area contributed by atoms with Crippen molar-refractivity contribution >= 4 is 11.9 Å². The molecule has 1 aliphatic heterocycles. The van der Waals surface area contributed by atoms with E-state index in [2.05, 4.69) is 15.0 Å². The Morgan fingerprint density at radius 1 is 1.45 bits per heavy atom. The highest BCUT2D eigenvalue weighted by Crippen LogP contribution is 2.31. The molecule has 2 rings (SSSR count). The Labute approximate surface area is 112 Å². The summed E-state index contributed by atoms with van der Waals surface area (Å²) in [5.41, 5.74) is 9.69. The molecule has 1 unspecified atom stereocenters. The molecule has 1 aromatic heterocycles. The number of aliphatic imine (C=N–C) groups is 1. The second-order valence-electron chi connectivity index (χ2n) is 4.29. The van der Waals surface area contributed by atoms with Crippen LogP contribution < -0.4 is 17.0 Å². The van der Waals surface area contributed by atoms with E-state index >= 15 is 0 Å². The van der Waals surface area contributed by atoms with Crippen LogP contribution in [0.3, 0.4) is 0 Å². The number of guanidine groups is 1. The van der Waals surface area contributed by atoms with Gasteiger partial charge in [-0.15, -0.1) is 0 Å². The van der Waals surface area contributed by atoms with Gasteiger partial charge in [-0.2, -0.15) is 4.99 Å². The lowest BCUT2D eigenvalue weighted by Crippen LogP contribution is -2.33. The van der Waals surface area contributed by atoms with Gasteiger partial charge in [0.05, 0.1) is 12.2 Å². The van der Waals surface area contributed by atoms with Crippen LogP contribution in [0.5, 0.6) is 0 Å².